The van der Waals surface area contributed by atoms with Crippen molar-refractivity contribution in [2.75, 3.05) is 16.4 Å². The van der Waals surface area contributed by atoms with E-state index in [0.29, 0.717) is 22.3 Å². The van der Waals surface area contributed by atoms with E-state index in [2.05, 4.69) is 20.6 Å². The summed E-state index contributed by atoms with van der Waals surface area (Å²) in [6.07, 6.45) is 1.33. The number of anilines is 5. The Balaban J connectivity index is 1.90. The van der Waals surface area contributed by atoms with Gasteiger partial charge in [0.05, 0.1) is 16.4 Å². The van der Waals surface area contributed by atoms with E-state index in [0.717, 1.165) is 0 Å². The normalized spacial score (nSPS) is 10.3. The summed E-state index contributed by atoms with van der Waals surface area (Å²) in [5, 5.41) is 6.43. The first-order valence-electron chi connectivity index (χ1n) is 6.78. The lowest BCUT2D eigenvalue weighted by Crippen LogP contribution is -2.06. The van der Waals surface area contributed by atoms with Gasteiger partial charge < -0.3 is 16.4 Å². The van der Waals surface area contributed by atoms with Crippen molar-refractivity contribution < 1.29 is 4.39 Å². The lowest BCUT2D eigenvalue weighted by Gasteiger charge is -2.13. The monoisotopic (exact) mass is 329 g/mol. The van der Waals surface area contributed by atoms with Gasteiger partial charge in [0.15, 0.2) is 11.6 Å². The van der Waals surface area contributed by atoms with Crippen LogP contribution in [0.2, 0.25) is 5.02 Å². The molecule has 0 fully saturated rings. The van der Waals surface area contributed by atoms with Gasteiger partial charge in [0.25, 0.3) is 0 Å². The molecule has 0 amide bonds. The van der Waals surface area contributed by atoms with Crippen molar-refractivity contribution in [2.45, 2.75) is 0 Å². The Hall–Kier alpha value is -2.86. The molecule has 2 aromatic carbocycles. The van der Waals surface area contributed by atoms with Gasteiger partial charge in [-0.1, -0.05) is 35.9 Å². The van der Waals surface area contributed by atoms with Crippen LogP contribution in [0.4, 0.5) is 33.1 Å². The van der Waals surface area contributed by atoms with E-state index >= 15 is 0 Å². The van der Waals surface area contributed by atoms with Crippen LogP contribution >= 0.6 is 11.6 Å². The summed E-state index contributed by atoms with van der Waals surface area (Å²) in [6.45, 7) is 0. The van der Waals surface area contributed by atoms with Gasteiger partial charge in [-0.05, 0) is 24.3 Å². The molecule has 4 N–H and O–H groups in total. The predicted octanol–water partition coefficient (Wildman–Crippen LogP) is 4.34. The van der Waals surface area contributed by atoms with Crippen molar-refractivity contribution in [3.05, 3.63) is 65.7 Å². The number of halogens is 2. The van der Waals surface area contributed by atoms with Crippen molar-refractivity contribution in [1.82, 2.24) is 9.97 Å². The van der Waals surface area contributed by atoms with Gasteiger partial charge in [-0.15, -0.1) is 0 Å². The highest BCUT2D eigenvalue weighted by molar-refractivity contribution is 6.33. The average molecular weight is 330 g/mol. The van der Waals surface area contributed by atoms with Crippen molar-refractivity contribution in [3.63, 3.8) is 0 Å². The molecule has 0 spiro atoms. The Morgan fingerprint density at radius 1 is 0.870 bits per heavy atom. The molecule has 0 aliphatic rings. The summed E-state index contributed by atoms with van der Waals surface area (Å²) in [7, 11) is 0. The number of nitrogens with zero attached hydrogens (tertiary/aromatic N) is 2. The lowest BCUT2D eigenvalue weighted by molar-refractivity contribution is 0.632. The highest BCUT2D eigenvalue weighted by Gasteiger charge is 2.11. The molecule has 3 aromatic rings. The van der Waals surface area contributed by atoms with Crippen LogP contribution in [0.3, 0.4) is 0 Å². The highest BCUT2D eigenvalue weighted by Crippen LogP contribution is 2.31. The number of aromatic nitrogens is 2. The molecular formula is C16H13ClFN5. The second-order valence-corrected chi connectivity index (χ2v) is 5.10. The summed E-state index contributed by atoms with van der Waals surface area (Å²) < 4.78 is 13.7. The first-order chi connectivity index (χ1) is 11.1. The fourth-order valence-electron chi connectivity index (χ4n) is 1.98. The van der Waals surface area contributed by atoms with Gasteiger partial charge in [-0.2, -0.15) is 0 Å². The maximum atomic E-state index is 13.7. The summed E-state index contributed by atoms with van der Waals surface area (Å²) in [5.74, 6) is 0.290. The van der Waals surface area contributed by atoms with E-state index in [9.17, 15) is 4.39 Å². The van der Waals surface area contributed by atoms with E-state index < -0.39 is 5.82 Å². The predicted molar refractivity (Wildman–Crippen MR) is 90.9 cm³/mol. The molecule has 0 aliphatic heterocycles. The number of hydrogen-bond acceptors (Lipinski definition) is 5. The zero-order valence-electron chi connectivity index (χ0n) is 11.9. The molecule has 5 nitrogen and oxygen atoms in total. The van der Waals surface area contributed by atoms with E-state index in [-0.39, 0.29) is 11.4 Å². The van der Waals surface area contributed by atoms with Crippen LogP contribution in [0.1, 0.15) is 0 Å². The van der Waals surface area contributed by atoms with Gasteiger partial charge in [-0.3, -0.25) is 0 Å². The van der Waals surface area contributed by atoms with Crippen LogP contribution in [0, 0.1) is 5.82 Å². The summed E-state index contributed by atoms with van der Waals surface area (Å²) in [6, 6.07) is 13.5. The smallest absolute Gasteiger partial charge is 0.159 e. The van der Waals surface area contributed by atoms with Crippen molar-refractivity contribution in [1.29, 1.82) is 0 Å². The first kappa shape index (κ1) is 15.1. The largest absolute Gasteiger partial charge is 0.393 e. The Morgan fingerprint density at radius 3 is 2.09 bits per heavy atom. The average Bonchev–Trinajstić information content (AvgIpc) is 2.55. The van der Waals surface area contributed by atoms with Gasteiger partial charge in [0.1, 0.15) is 17.8 Å². The fourth-order valence-corrected chi connectivity index (χ4v) is 2.16. The SMILES string of the molecule is Nc1c(Nc2ccccc2F)ncnc1Nc1ccccc1Cl. The van der Waals surface area contributed by atoms with E-state index in [1.807, 2.05) is 12.1 Å². The molecule has 0 bridgehead atoms. The van der Waals surface area contributed by atoms with E-state index in [1.165, 1.54) is 12.4 Å². The van der Waals surface area contributed by atoms with Gasteiger partial charge in [0.2, 0.25) is 0 Å². The number of para-hydroxylation sites is 2. The van der Waals surface area contributed by atoms with Gasteiger partial charge in [0, 0.05) is 0 Å². The van der Waals surface area contributed by atoms with E-state index in [1.54, 1.807) is 30.3 Å². The fraction of sp³-hybridized carbons (Fsp3) is 0. The van der Waals surface area contributed by atoms with E-state index in [4.69, 9.17) is 17.3 Å². The molecule has 0 aliphatic carbocycles. The Kier molecular flexibility index (Phi) is 4.25. The van der Waals surface area contributed by atoms with Crippen LogP contribution < -0.4 is 16.4 Å². The summed E-state index contributed by atoms with van der Waals surface area (Å²) >= 11 is 6.10. The van der Waals surface area contributed by atoms with Gasteiger partial charge >= 0.3 is 0 Å². The third kappa shape index (κ3) is 3.32. The minimum atomic E-state index is -0.397. The second kappa shape index (κ2) is 6.50. The zero-order chi connectivity index (χ0) is 16.2. The molecule has 23 heavy (non-hydrogen) atoms. The quantitative estimate of drug-likeness (QED) is 0.664. The van der Waals surface area contributed by atoms with Gasteiger partial charge in [-0.25, -0.2) is 14.4 Å². The standard InChI is InChI=1S/C16H13ClFN5/c17-10-5-1-3-7-12(10)22-15-14(19)16(21-9-20-15)23-13-8-4-2-6-11(13)18/h1-9H,19H2,(H2,20,21,22,23). The maximum Gasteiger partial charge on any atom is 0.159 e. The van der Waals surface area contributed by atoms with Crippen LogP contribution in [0.25, 0.3) is 0 Å². The molecule has 0 radical (unpaired) electrons. The third-order valence-corrected chi connectivity index (χ3v) is 3.47. The molecule has 116 valence electrons. The van der Waals surface area contributed by atoms with Crippen LogP contribution in [-0.2, 0) is 0 Å². The Bertz CT molecular complexity index is 774. The number of benzene rings is 2. The molecule has 0 saturated heterocycles. The van der Waals surface area contributed by atoms with Crippen molar-refractivity contribution in [2.24, 2.45) is 0 Å². The first-order valence-corrected chi connectivity index (χ1v) is 7.16. The Labute approximate surface area is 137 Å². The van der Waals surface area contributed by atoms with Crippen molar-refractivity contribution in [3.8, 4) is 0 Å². The van der Waals surface area contributed by atoms with Crippen molar-refractivity contribution >= 4 is 40.3 Å². The summed E-state index contributed by atoms with van der Waals surface area (Å²) in [4.78, 5) is 8.15. The lowest BCUT2D eigenvalue weighted by atomic mass is 10.3. The van der Waals surface area contributed by atoms with Crippen LogP contribution in [0.15, 0.2) is 54.9 Å². The van der Waals surface area contributed by atoms with Crippen LogP contribution in [-0.4, -0.2) is 9.97 Å². The topological polar surface area (TPSA) is 75.9 Å². The number of hydrogen-bond donors (Lipinski definition) is 3. The number of rotatable bonds is 4. The molecule has 3 rings (SSSR count). The highest BCUT2D eigenvalue weighted by atomic mass is 35.5. The second-order valence-electron chi connectivity index (χ2n) is 4.69. The maximum absolute atomic E-state index is 13.7. The third-order valence-electron chi connectivity index (χ3n) is 3.14. The molecule has 0 saturated carbocycles. The molecule has 1 heterocycles. The zero-order valence-corrected chi connectivity index (χ0v) is 12.7. The summed E-state index contributed by atoms with van der Waals surface area (Å²) in [5.41, 5.74) is 7.27. The number of nitrogen functional groups attached to an aromatic ring is 1. The molecule has 7 heteroatoms. The molecule has 1 aromatic heterocycles. The Morgan fingerprint density at radius 2 is 1.43 bits per heavy atom. The molecular weight excluding hydrogens is 317 g/mol. The molecule has 0 unspecified atom stereocenters. The number of nitrogens with two attached hydrogens (primary N) is 1. The molecule has 0 atom stereocenters. The van der Waals surface area contributed by atoms with Crippen LogP contribution in [0.5, 0.6) is 0 Å². The minimum Gasteiger partial charge on any atom is -0.393 e. The minimum absolute atomic E-state index is 0.260. The number of nitrogens with one attached hydrogen (secondary N) is 2.